The van der Waals surface area contributed by atoms with Crippen molar-refractivity contribution >= 4 is 6.09 Å². The van der Waals surface area contributed by atoms with Crippen LogP contribution in [0.25, 0.3) is 0 Å². The summed E-state index contributed by atoms with van der Waals surface area (Å²) in [6.07, 6.45) is -0.963. The normalized spacial score (nSPS) is 12.1. The average Bonchev–Trinajstić information content (AvgIpc) is 2.55. The number of carbonyl (C=O) groups is 1. The van der Waals surface area contributed by atoms with Crippen molar-refractivity contribution in [1.29, 1.82) is 0 Å². The summed E-state index contributed by atoms with van der Waals surface area (Å²) in [6.45, 7) is 5.08. The summed E-state index contributed by atoms with van der Waals surface area (Å²) in [5.41, 5.74) is 2.53. The molecule has 2 aromatic rings. The van der Waals surface area contributed by atoms with Crippen molar-refractivity contribution in [2.24, 2.45) is 5.92 Å². The summed E-state index contributed by atoms with van der Waals surface area (Å²) < 4.78 is 0. The first kappa shape index (κ1) is 17.0. The number of amides is 1. The number of benzene rings is 2. The third-order valence-corrected chi connectivity index (χ3v) is 3.67. The van der Waals surface area contributed by atoms with E-state index in [1.54, 1.807) is 0 Å². The van der Waals surface area contributed by atoms with Crippen molar-refractivity contribution in [3.05, 3.63) is 71.8 Å². The topological polar surface area (TPSA) is 52.6 Å². The smallest absolute Gasteiger partial charge is 0.404 e. The highest BCUT2D eigenvalue weighted by Crippen LogP contribution is 2.12. The third-order valence-electron chi connectivity index (χ3n) is 3.67. The molecule has 1 atom stereocenters. The number of nitrogens with zero attached hydrogens (tertiary/aromatic N) is 1. The van der Waals surface area contributed by atoms with Gasteiger partial charge in [-0.3, -0.25) is 4.90 Å². The van der Waals surface area contributed by atoms with E-state index in [-0.39, 0.29) is 5.92 Å². The fourth-order valence-corrected chi connectivity index (χ4v) is 2.64. The van der Waals surface area contributed by atoms with E-state index in [0.29, 0.717) is 6.54 Å². The van der Waals surface area contributed by atoms with Gasteiger partial charge in [0.25, 0.3) is 0 Å². The van der Waals surface area contributed by atoms with Crippen molar-refractivity contribution in [1.82, 2.24) is 10.2 Å². The molecule has 0 unspecified atom stereocenters. The van der Waals surface area contributed by atoms with E-state index in [4.69, 9.17) is 5.11 Å². The van der Waals surface area contributed by atoms with E-state index in [1.165, 1.54) is 11.1 Å². The molecule has 2 N–H and O–H groups in total. The molecule has 122 valence electrons. The maximum absolute atomic E-state index is 10.6. The molecule has 4 heteroatoms. The predicted octanol–water partition coefficient (Wildman–Crippen LogP) is 3.59. The van der Waals surface area contributed by atoms with Gasteiger partial charge >= 0.3 is 6.09 Å². The Morgan fingerprint density at radius 3 is 1.91 bits per heavy atom. The van der Waals surface area contributed by atoms with E-state index in [1.807, 2.05) is 36.4 Å². The lowest BCUT2D eigenvalue weighted by Crippen LogP contribution is -2.34. The van der Waals surface area contributed by atoms with Crippen molar-refractivity contribution in [3.63, 3.8) is 0 Å². The van der Waals surface area contributed by atoms with Crippen LogP contribution in [0.2, 0.25) is 0 Å². The Morgan fingerprint density at radius 1 is 1.00 bits per heavy atom. The summed E-state index contributed by atoms with van der Waals surface area (Å²) >= 11 is 0. The fraction of sp³-hybridized carbons (Fsp3) is 0.316. The zero-order chi connectivity index (χ0) is 16.5. The number of rotatable bonds is 8. The Balaban J connectivity index is 2.00. The summed E-state index contributed by atoms with van der Waals surface area (Å²) in [5, 5.41) is 11.2. The molecular formula is C19H24N2O2. The second-order valence-electron chi connectivity index (χ2n) is 5.93. The molecule has 0 heterocycles. The second kappa shape index (κ2) is 8.96. The van der Waals surface area contributed by atoms with Crippen LogP contribution in [0.5, 0.6) is 0 Å². The van der Waals surface area contributed by atoms with E-state index in [9.17, 15) is 4.79 Å². The van der Waals surface area contributed by atoms with Crippen molar-refractivity contribution in [3.8, 4) is 0 Å². The van der Waals surface area contributed by atoms with Crippen molar-refractivity contribution in [2.75, 3.05) is 13.1 Å². The van der Waals surface area contributed by atoms with Crippen LogP contribution >= 0.6 is 0 Å². The Bertz CT molecular complexity index is 545. The number of hydrogen-bond donors (Lipinski definition) is 2. The fourth-order valence-electron chi connectivity index (χ4n) is 2.64. The molecule has 2 rings (SSSR count). The first-order chi connectivity index (χ1) is 11.1. The molecule has 23 heavy (non-hydrogen) atoms. The molecule has 0 aromatic heterocycles. The molecule has 4 nitrogen and oxygen atoms in total. The summed E-state index contributed by atoms with van der Waals surface area (Å²) in [4.78, 5) is 13.0. The first-order valence-electron chi connectivity index (χ1n) is 7.90. The SMILES string of the molecule is C[C@@H](CNC(=O)O)CN(Cc1ccccc1)Cc1ccccc1. The van der Waals surface area contributed by atoms with Gasteiger partial charge in [0.15, 0.2) is 0 Å². The minimum absolute atomic E-state index is 0.249. The zero-order valence-corrected chi connectivity index (χ0v) is 13.5. The number of carboxylic acid groups (broad SMARTS) is 1. The van der Waals surface area contributed by atoms with Gasteiger partial charge < -0.3 is 10.4 Å². The monoisotopic (exact) mass is 312 g/mol. The number of hydrogen-bond acceptors (Lipinski definition) is 2. The molecule has 0 saturated carbocycles. The Labute approximate surface area is 137 Å². The average molecular weight is 312 g/mol. The lowest BCUT2D eigenvalue weighted by atomic mass is 10.1. The third kappa shape index (κ3) is 6.53. The summed E-state index contributed by atoms with van der Waals surface area (Å²) in [6, 6.07) is 20.7. The van der Waals surface area contributed by atoms with Crippen molar-refractivity contribution in [2.45, 2.75) is 20.0 Å². The Kier molecular flexibility index (Phi) is 6.63. The van der Waals surface area contributed by atoms with Crippen LogP contribution in [0.4, 0.5) is 4.79 Å². The van der Waals surface area contributed by atoms with E-state index >= 15 is 0 Å². The van der Waals surface area contributed by atoms with Crippen LogP contribution in [0.1, 0.15) is 18.1 Å². The van der Waals surface area contributed by atoms with Crippen molar-refractivity contribution < 1.29 is 9.90 Å². The second-order valence-corrected chi connectivity index (χ2v) is 5.93. The maximum Gasteiger partial charge on any atom is 0.404 e. The van der Waals surface area contributed by atoms with E-state index in [2.05, 4.69) is 41.4 Å². The number of nitrogens with one attached hydrogen (secondary N) is 1. The highest BCUT2D eigenvalue weighted by atomic mass is 16.4. The lowest BCUT2D eigenvalue weighted by molar-refractivity contribution is 0.185. The Morgan fingerprint density at radius 2 is 1.48 bits per heavy atom. The van der Waals surface area contributed by atoms with Crippen LogP contribution < -0.4 is 5.32 Å². The quantitative estimate of drug-likeness (QED) is 0.783. The Hall–Kier alpha value is -2.33. The van der Waals surface area contributed by atoms with Gasteiger partial charge in [0.1, 0.15) is 0 Å². The molecule has 0 aliphatic heterocycles. The molecule has 0 aliphatic carbocycles. The molecule has 0 radical (unpaired) electrons. The molecular weight excluding hydrogens is 288 g/mol. The van der Waals surface area contributed by atoms with Gasteiger partial charge in [0, 0.05) is 26.2 Å². The molecule has 0 aliphatic rings. The van der Waals surface area contributed by atoms with Crippen LogP contribution in [-0.4, -0.2) is 29.2 Å². The van der Waals surface area contributed by atoms with Crippen LogP contribution in [0, 0.1) is 5.92 Å². The zero-order valence-electron chi connectivity index (χ0n) is 13.5. The van der Waals surface area contributed by atoms with E-state index in [0.717, 1.165) is 19.6 Å². The van der Waals surface area contributed by atoms with Gasteiger partial charge in [0.2, 0.25) is 0 Å². The lowest BCUT2D eigenvalue weighted by Gasteiger charge is -2.26. The van der Waals surface area contributed by atoms with Gasteiger partial charge in [-0.15, -0.1) is 0 Å². The minimum atomic E-state index is -0.963. The van der Waals surface area contributed by atoms with Gasteiger partial charge in [0.05, 0.1) is 0 Å². The first-order valence-corrected chi connectivity index (χ1v) is 7.90. The molecule has 2 aromatic carbocycles. The van der Waals surface area contributed by atoms with Crippen LogP contribution in [0.15, 0.2) is 60.7 Å². The van der Waals surface area contributed by atoms with Gasteiger partial charge in [-0.1, -0.05) is 67.6 Å². The van der Waals surface area contributed by atoms with Gasteiger partial charge in [-0.2, -0.15) is 0 Å². The highest BCUT2D eigenvalue weighted by Gasteiger charge is 2.12. The molecule has 1 amide bonds. The van der Waals surface area contributed by atoms with Crippen LogP contribution in [0.3, 0.4) is 0 Å². The van der Waals surface area contributed by atoms with Gasteiger partial charge in [-0.25, -0.2) is 4.79 Å². The summed E-state index contributed by atoms with van der Waals surface area (Å²) in [5.74, 6) is 0.249. The van der Waals surface area contributed by atoms with Gasteiger partial charge in [-0.05, 0) is 17.0 Å². The highest BCUT2D eigenvalue weighted by molar-refractivity contribution is 5.64. The minimum Gasteiger partial charge on any atom is -0.465 e. The maximum atomic E-state index is 10.6. The molecule has 0 saturated heterocycles. The van der Waals surface area contributed by atoms with E-state index < -0.39 is 6.09 Å². The molecule has 0 fully saturated rings. The summed E-state index contributed by atoms with van der Waals surface area (Å²) in [7, 11) is 0. The predicted molar refractivity (Wildman–Crippen MR) is 92.2 cm³/mol. The van der Waals surface area contributed by atoms with Crippen LogP contribution in [-0.2, 0) is 13.1 Å². The molecule has 0 bridgehead atoms. The standard InChI is InChI=1S/C19H24N2O2/c1-16(12-20-19(22)23)13-21(14-17-8-4-2-5-9-17)15-18-10-6-3-7-11-18/h2-11,16,20H,12-15H2,1H3,(H,22,23)/t16-/m0/s1. The largest absolute Gasteiger partial charge is 0.465 e. The molecule has 0 spiro atoms.